The molecule has 0 radical (unpaired) electrons. The molecule has 1 fully saturated rings. The Kier molecular flexibility index (Phi) is 3.96. The minimum atomic E-state index is -0.385. The first kappa shape index (κ1) is 12.3. The second-order valence-corrected chi connectivity index (χ2v) is 4.85. The van der Waals surface area contributed by atoms with Crippen LogP contribution in [0.15, 0.2) is 22.7 Å². The highest BCUT2D eigenvalue weighted by Gasteiger charge is 2.18. The summed E-state index contributed by atoms with van der Waals surface area (Å²) in [4.78, 5) is 10.5. The first-order valence-electron chi connectivity index (χ1n) is 5.46. The lowest BCUT2D eigenvalue weighted by atomic mass is 10.2. The predicted octanol–water partition coefficient (Wildman–Crippen LogP) is 2.95. The lowest BCUT2D eigenvalue weighted by Crippen LogP contribution is -2.18. The van der Waals surface area contributed by atoms with Gasteiger partial charge in [-0.3, -0.25) is 10.1 Å². The molecule has 0 spiro atoms. The van der Waals surface area contributed by atoms with E-state index in [1.165, 1.54) is 6.07 Å². The number of anilines is 1. The summed E-state index contributed by atoms with van der Waals surface area (Å²) in [6, 6.07) is 4.87. The van der Waals surface area contributed by atoms with Gasteiger partial charge in [0, 0.05) is 23.7 Å². The van der Waals surface area contributed by atoms with Crippen LogP contribution in [0.4, 0.5) is 11.4 Å². The third-order valence-electron chi connectivity index (χ3n) is 2.70. The topological polar surface area (TPSA) is 64.4 Å². The van der Waals surface area contributed by atoms with Crippen molar-refractivity contribution in [1.29, 1.82) is 0 Å². The molecule has 6 heteroatoms. The third-order valence-corrected chi connectivity index (χ3v) is 3.19. The number of hydrogen-bond acceptors (Lipinski definition) is 4. The molecule has 2 rings (SSSR count). The molecule has 1 aromatic rings. The number of nitro benzene ring substituents is 1. The van der Waals surface area contributed by atoms with E-state index in [0.717, 1.165) is 23.9 Å². The number of nitrogens with one attached hydrogen (secondary N) is 1. The molecule has 1 aromatic carbocycles. The molecule has 0 bridgehead atoms. The molecule has 1 aliphatic rings. The van der Waals surface area contributed by atoms with Crippen molar-refractivity contribution in [2.75, 3.05) is 18.5 Å². The molecular weight excluding hydrogens is 288 g/mol. The highest BCUT2D eigenvalue weighted by molar-refractivity contribution is 9.10. The first-order chi connectivity index (χ1) is 8.16. The Morgan fingerprint density at radius 2 is 2.41 bits per heavy atom. The maximum atomic E-state index is 10.8. The van der Waals surface area contributed by atoms with Crippen molar-refractivity contribution in [2.24, 2.45) is 0 Å². The lowest BCUT2D eigenvalue weighted by molar-refractivity contribution is -0.384. The third kappa shape index (κ3) is 3.17. The smallest absolute Gasteiger partial charge is 0.292 e. The van der Waals surface area contributed by atoms with E-state index in [-0.39, 0.29) is 16.7 Å². The Morgan fingerprint density at radius 1 is 1.59 bits per heavy atom. The van der Waals surface area contributed by atoms with E-state index in [1.807, 2.05) is 0 Å². The molecule has 1 aliphatic heterocycles. The Balaban J connectivity index is 2.07. The summed E-state index contributed by atoms with van der Waals surface area (Å²) < 4.78 is 6.28. The average molecular weight is 301 g/mol. The van der Waals surface area contributed by atoms with Crippen molar-refractivity contribution in [1.82, 2.24) is 0 Å². The van der Waals surface area contributed by atoms with Gasteiger partial charge >= 0.3 is 0 Å². The number of halogens is 1. The van der Waals surface area contributed by atoms with Crippen molar-refractivity contribution < 1.29 is 9.66 Å². The minimum Gasteiger partial charge on any atom is -0.377 e. The maximum absolute atomic E-state index is 10.8. The summed E-state index contributed by atoms with van der Waals surface area (Å²) in [6.45, 7) is 1.39. The van der Waals surface area contributed by atoms with Crippen LogP contribution in [-0.4, -0.2) is 24.2 Å². The van der Waals surface area contributed by atoms with Crippen LogP contribution in [0, 0.1) is 10.1 Å². The summed E-state index contributed by atoms with van der Waals surface area (Å²) in [6.07, 6.45) is 2.23. The average Bonchev–Trinajstić information content (AvgIpc) is 2.78. The summed E-state index contributed by atoms with van der Waals surface area (Å²) in [5.41, 5.74) is 0.617. The van der Waals surface area contributed by atoms with Crippen LogP contribution in [0.2, 0.25) is 0 Å². The van der Waals surface area contributed by atoms with E-state index < -0.39 is 0 Å². The van der Waals surface area contributed by atoms with Gasteiger partial charge in [-0.1, -0.05) is 15.9 Å². The van der Waals surface area contributed by atoms with E-state index in [0.29, 0.717) is 12.2 Å². The molecular formula is C11H13BrN2O3. The Labute approximate surface area is 107 Å². The molecule has 0 amide bonds. The van der Waals surface area contributed by atoms with Gasteiger partial charge in [0.1, 0.15) is 5.69 Å². The van der Waals surface area contributed by atoms with Gasteiger partial charge in [-0.25, -0.2) is 0 Å². The number of nitrogens with zero attached hydrogens (tertiary/aromatic N) is 1. The van der Waals surface area contributed by atoms with Gasteiger partial charge in [0.05, 0.1) is 11.0 Å². The second kappa shape index (κ2) is 5.46. The highest BCUT2D eigenvalue weighted by atomic mass is 79.9. The van der Waals surface area contributed by atoms with Crippen LogP contribution >= 0.6 is 15.9 Å². The molecule has 1 heterocycles. The van der Waals surface area contributed by atoms with Gasteiger partial charge in [-0.2, -0.15) is 0 Å². The summed E-state index contributed by atoms with van der Waals surface area (Å²) in [5.74, 6) is 0. The van der Waals surface area contributed by atoms with Crippen molar-refractivity contribution >= 4 is 27.3 Å². The molecule has 1 atom stereocenters. The zero-order chi connectivity index (χ0) is 12.3. The zero-order valence-electron chi connectivity index (χ0n) is 9.19. The van der Waals surface area contributed by atoms with Gasteiger partial charge in [0.25, 0.3) is 5.69 Å². The van der Waals surface area contributed by atoms with Gasteiger partial charge in [0.2, 0.25) is 0 Å². The van der Waals surface area contributed by atoms with Crippen LogP contribution in [0.3, 0.4) is 0 Å². The van der Waals surface area contributed by atoms with Gasteiger partial charge < -0.3 is 10.1 Å². The number of rotatable bonds is 4. The SMILES string of the molecule is O=[N+]([O-])c1ccc(Br)cc1NC[C@@H]1CCCO1. The molecule has 1 saturated heterocycles. The summed E-state index contributed by atoms with van der Waals surface area (Å²) in [7, 11) is 0. The van der Waals surface area contributed by atoms with Gasteiger partial charge in [-0.05, 0) is 25.0 Å². The zero-order valence-corrected chi connectivity index (χ0v) is 10.8. The van der Waals surface area contributed by atoms with E-state index in [1.54, 1.807) is 12.1 Å². The highest BCUT2D eigenvalue weighted by Crippen LogP contribution is 2.28. The molecule has 1 N–H and O–H groups in total. The monoisotopic (exact) mass is 300 g/mol. The molecule has 5 nitrogen and oxygen atoms in total. The summed E-state index contributed by atoms with van der Waals surface area (Å²) >= 11 is 3.31. The van der Waals surface area contributed by atoms with Gasteiger partial charge in [-0.15, -0.1) is 0 Å². The number of nitro groups is 1. The van der Waals surface area contributed by atoms with Crippen molar-refractivity contribution in [3.8, 4) is 0 Å². The molecule has 0 aromatic heterocycles. The fourth-order valence-electron chi connectivity index (χ4n) is 1.84. The minimum absolute atomic E-state index is 0.0891. The van der Waals surface area contributed by atoms with Gasteiger partial charge in [0.15, 0.2) is 0 Å². The summed E-state index contributed by atoms with van der Waals surface area (Å²) in [5, 5.41) is 13.9. The van der Waals surface area contributed by atoms with E-state index in [4.69, 9.17) is 4.74 Å². The number of hydrogen-bond donors (Lipinski definition) is 1. The second-order valence-electron chi connectivity index (χ2n) is 3.93. The van der Waals surface area contributed by atoms with Crippen LogP contribution in [0.25, 0.3) is 0 Å². The normalized spacial score (nSPS) is 19.2. The first-order valence-corrected chi connectivity index (χ1v) is 6.25. The largest absolute Gasteiger partial charge is 0.377 e. The van der Waals surface area contributed by atoms with Crippen molar-refractivity contribution in [3.05, 3.63) is 32.8 Å². The van der Waals surface area contributed by atoms with Crippen LogP contribution in [0.5, 0.6) is 0 Å². The Hall–Kier alpha value is -1.14. The molecule has 92 valence electrons. The van der Waals surface area contributed by atoms with Crippen molar-refractivity contribution in [2.45, 2.75) is 18.9 Å². The Morgan fingerprint density at radius 3 is 3.06 bits per heavy atom. The number of benzene rings is 1. The van der Waals surface area contributed by atoms with E-state index in [9.17, 15) is 10.1 Å². The maximum Gasteiger partial charge on any atom is 0.292 e. The van der Waals surface area contributed by atoms with E-state index >= 15 is 0 Å². The molecule has 0 aliphatic carbocycles. The molecule has 17 heavy (non-hydrogen) atoms. The lowest BCUT2D eigenvalue weighted by Gasteiger charge is -2.12. The van der Waals surface area contributed by atoms with Crippen LogP contribution in [-0.2, 0) is 4.74 Å². The quantitative estimate of drug-likeness (QED) is 0.686. The molecule has 0 unspecified atom stereocenters. The fraction of sp³-hybridized carbons (Fsp3) is 0.455. The predicted molar refractivity (Wildman–Crippen MR) is 68.3 cm³/mol. The van der Waals surface area contributed by atoms with Crippen molar-refractivity contribution in [3.63, 3.8) is 0 Å². The van der Waals surface area contributed by atoms with Crippen LogP contribution in [0.1, 0.15) is 12.8 Å². The fourth-order valence-corrected chi connectivity index (χ4v) is 2.20. The number of ether oxygens (including phenoxy) is 1. The standard InChI is InChI=1S/C11H13BrN2O3/c12-8-3-4-11(14(15)16)10(6-8)13-7-9-2-1-5-17-9/h3-4,6,9,13H,1-2,5,7H2/t9-/m0/s1. The van der Waals surface area contributed by atoms with E-state index in [2.05, 4.69) is 21.2 Å². The van der Waals surface area contributed by atoms with Crippen LogP contribution < -0.4 is 5.32 Å². The molecule has 0 saturated carbocycles. The Bertz CT molecular complexity index is 419.